The summed E-state index contributed by atoms with van der Waals surface area (Å²) in [6.45, 7) is 4.76. The third-order valence-electron chi connectivity index (χ3n) is 9.97. The molecule has 11 heteroatoms. The summed E-state index contributed by atoms with van der Waals surface area (Å²) in [6, 6.07) is 4.64. The van der Waals surface area contributed by atoms with Gasteiger partial charge in [-0.3, -0.25) is 19.7 Å². The second-order valence-electron chi connectivity index (χ2n) is 11.8. The van der Waals surface area contributed by atoms with Crippen molar-refractivity contribution in [2.75, 3.05) is 0 Å². The number of fused-ring (bicyclic) bond motifs is 5. The van der Waals surface area contributed by atoms with Crippen LogP contribution in [-0.2, 0) is 14.3 Å². The SMILES string of the molecule is C[C@@H]1C[C@H]2C3C(OC(=O)c4cccc([N+](=O)[O-])c4)[C@@H](F)C4=CC(O)=CC(=O)C4(C)C3(F)CC[C@]2(C)[C@@H]1C(=O)O. The Morgan fingerprint density at radius 2 is 1.90 bits per heavy atom. The van der Waals surface area contributed by atoms with Crippen LogP contribution >= 0.6 is 0 Å². The Balaban J connectivity index is 1.65. The van der Waals surface area contributed by atoms with Crippen molar-refractivity contribution in [3.8, 4) is 0 Å². The first-order chi connectivity index (χ1) is 18.2. The number of benzene rings is 1. The molecule has 0 radical (unpaired) electrons. The lowest BCUT2D eigenvalue weighted by atomic mass is 9.44. The van der Waals surface area contributed by atoms with E-state index in [0.29, 0.717) is 0 Å². The van der Waals surface area contributed by atoms with Gasteiger partial charge in [-0.15, -0.1) is 0 Å². The standard InChI is InChI=1S/C28H29F2NO8/c1-13-9-17-21-23(39-25(36)14-5-4-6-15(10-14)31(37)38)22(29)18-11-16(32)12-19(33)27(18,3)28(21,30)8-7-26(17,2)20(13)24(34)35/h4-6,10-13,17,20-23,32H,7-9H2,1-3H3,(H,34,35)/t13-,17+,20+,21?,22+,23?,26+,27?,28?/m1/s1. The summed E-state index contributed by atoms with van der Waals surface area (Å²) < 4.78 is 39.8. The van der Waals surface area contributed by atoms with E-state index in [0.717, 1.165) is 18.2 Å². The minimum atomic E-state index is -2.43. The molecule has 0 aliphatic heterocycles. The van der Waals surface area contributed by atoms with Gasteiger partial charge in [-0.05, 0) is 61.2 Å². The molecule has 9 nitrogen and oxygen atoms in total. The van der Waals surface area contributed by atoms with Crippen molar-refractivity contribution >= 4 is 23.4 Å². The number of hydrogen-bond acceptors (Lipinski definition) is 7. The molecule has 3 saturated carbocycles. The van der Waals surface area contributed by atoms with Crippen LogP contribution < -0.4 is 0 Å². The van der Waals surface area contributed by atoms with Crippen molar-refractivity contribution in [1.29, 1.82) is 0 Å². The van der Waals surface area contributed by atoms with Crippen molar-refractivity contribution in [2.45, 2.75) is 58.0 Å². The van der Waals surface area contributed by atoms with Crippen molar-refractivity contribution in [3.05, 3.63) is 63.4 Å². The Hall–Kier alpha value is -3.63. The third-order valence-corrected chi connectivity index (χ3v) is 9.97. The molecule has 39 heavy (non-hydrogen) atoms. The minimum Gasteiger partial charge on any atom is -0.508 e. The summed E-state index contributed by atoms with van der Waals surface area (Å²) in [5.41, 5.74) is -6.40. The van der Waals surface area contributed by atoms with Crippen molar-refractivity contribution < 1.29 is 43.0 Å². The molecule has 4 aliphatic rings. The van der Waals surface area contributed by atoms with Gasteiger partial charge in [0.15, 0.2) is 12.0 Å². The molecule has 0 aromatic heterocycles. The highest BCUT2D eigenvalue weighted by molar-refractivity contribution is 6.01. The predicted octanol–water partition coefficient (Wildman–Crippen LogP) is 4.91. The Kier molecular flexibility index (Phi) is 6.01. The largest absolute Gasteiger partial charge is 0.508 e. The number of rotatable bonds is 4. The first-order valence-corrected chi connectivity index (χ1v) is 12.8. The van der Waals surface area contributed by atoms with Crippen LogP contribution in [0, 0.1) is 44.6 Å². The van der Waals surface area contributed by atoms with Crippen molar-refractivity contribution in [3.63, 3.8) is 0 Å². The minimum absolute atomic E-state index is 0.111. The molecule has 208 valence electrons. The number of aliphatic hydroxyl groups excluding tert-OH is 1. The maximum absolute atomic E-state index is 17.7. The molecule has 1 aromatic carbocycles. The van der Waals surface area contributed by atoms with Gasteiger partial charge < -0.3 is 14.9 Å². The van der Waals surface area contributed by atoms with E-state index in [9.17, 15) is 34.7 Å². The second-order valence-corrected chi connectivity index (χ2v) is 11.8. The zero-order chi connectivity index (χ0) is 28.7. The highest BCUT2D eigenvalue weighted by atomic mass is 19.1. The Bertz CT molecular complexity index is 1360. The van der Waals surface area contributed by atoms with Crippen molar-refractivity contribution in [1.82, 2.24) is 0 Å². The third kappa shape index (κ3) is 3.57. The number of hydrogen-bond donors (Lipinski definition) is 2. The number of esters is 1. The highest BCUT2D eigenvalue weighted by Crippen LogP contribution is 2.70. The molecule has 0 amide bonds. The smallest absolute Gasteiger partial charge is 0.338 e. The number of carbonyl (C=O) groups excluding carboxylic acids is 2. The molecule has 4 aliphatic carbocycles. The fourth-order valence-electron chi connectivity index (χ4n) is 8.12. The number of ether oxygens (including phenoxy) is 1. The number of aliphatic hydroxyl groups is 1. The average Bonchev–Trinajstić information content (AvgIpc) is 3.14. The van der Waals surface area contributed by atoms with Gasteiger partial charge >= 0.3 is 11.9 Å². The topological polar surface area (TPSA) is 144 Å². The van der Waals surface area contributed by atoms with Crippen LogP contribution in [0.3, 0.4) is 0 Å². The van der Waals surface area contributed by atoms with E-state index in [1.54, 1.807) is 13.8 Å². The van der Waals surface area contributed by atoms with Crippen LogP contribution in [0.25, 0.3) is 0 Å². The number of nitrogens with zero attached hydrogens (tertiary/aromatic N) is 1. The molecule has 3 fully saturated rings. The zero-order valence-corrected chi connectivity index (χ0v) is 21.6. The maximum Gasteiger partial charge on any atom is 0.338 e. The fourth-order valence-corrected chi connectivity index (χ4v) is 8.12. The summed E-state index contributed by atoms with van der Waals surface area (Å²) in [5, 5.41) is 31.4. The van der Waals surface area contributed by atoms with E-state index in [4.69, 9.17) is 4.74 Å². The van der Waals surface area contributed by atoms with Crippen LogP contribution in [0.2, 0.25) is 0 Å². The number of alkyl halides is 2. The summed E-state index contributed by atoms with van der Waals surface area (Å²) in [5.74, 6) is -6.92. The van der Waals surface area contributed by atoms with Crippen LogP contribution in [0.4, 0.5) is 14.5 Å². The molecule has 4 unspecified atom stereocenters. The van der Waals surface area contributed by atoms with Gasteiger partial charge in [0.1, 0.15) is 17.5 Å². The number of nitro benzene ring substituents is 1. The van der Waals surface area contributed by atoms with Gasteiger partial charge in [-0.1, -0.05) is 19.9 Å². The highest BCUT2D eigenvalue weighted by Gasteiger charge is 2.75. The summed E-state index contributed by atoms with van der Waals surface area (Å²) >= 11 is 0. The molecule has 5 rings (SSSR count). The molecular weight excluding hydrogens is 516 g/mol. The number of carboxylic acids is 1. The predicted molar refractivity (Wildman–Crippen MR) is 132 cm³/mol. The average molecular weight is 546 g/mol. The molecule has 0 spiro atoms. The van der Waals surface area contributed by atoms with E-state index < -0.39 is 80.6 Å². The summed E-state index contributed by atoms with van der Waals surface area (Å²) in [7, 11) is 0. The van der Waals surface area contributed by atoms with Crippen LogP contribution in [-0.4, -0.2) is 50.8 Å². The quantitative estimate of drug-likeness (QED) is 0.309. The van der Waals surface area contributed by atoms with Gasteiger partial charge in [0.2, 0.25) is 0 Å². The first kappa shape index (κ1) is 27.0. The molecule has 2 N–H and O–H groups in total. The number of non-ortho nitro benzene ring substituents is 1. The van der Waals surface area contributed by atoms with Gasteiger partial charge in [0.05, 0.1) is 21.8 Å². The zero-order valence-electron chi connectivity index (χ0n) is 21.6. The second kappa shape index (κ2) is 8.69. The molecule has 9 atom stereocenters. The van der Waals surface area contributed by atoms with Crippen LogP contribution in [0.1, 0.15) is 50.4 Å². The Morgan fingerprint density at radius 3 is 2.54 bits per heavy atom. The number of carboxylic acid groups (broad SMARTS) is 1. The van der Waals surface area contributed by atoms with E-state index in [-0.39, 0.29) is 36.3 Å². The van der Waals surface area contributed by atoms with Gasteiger partial charge in [-0.25, -0.2) is 13.6 Å². The lowest BCUT2D eigenvalue weighted by molar-refractivity contribution is -0.384. The van der Waals surface area contributed by atoms with Gasteiger partial charge in [0, 0.05) is 24.1 Å². The lowest BCUT2D eigenvalue weighted by Gasteiger charge is -2.62. The molecule has 0 saturated heterocycles. The van der Waals surface area contributed by atoms with E-state index in [1.165, 1.54) is 25.1 Å². The number of halogens is 2. The molecule has 0 bridgehead atoms. The summed E-state index contributed by atoms with van der Waals surface area (Å²) in [4.78, 5) is 49.3. The van der Waals surface area contributed by atoms with E-state index in [2.05, 4.69) is 0 Å². The van der Waals surface area contributed by atoms with E-state index in [1.807, 2.05) is 0 Å². The first-order valence-electron chi connectivity index (χ1n) is 12.8. The van der Waals surface area contributed by atoms with Crippen molar-refractivity contribution in [2.24, 2.45) is 34.5 Å². The van der Waals surface area contributed by atoms with Crippen LogP contribution in [0.5, 0.6) is 0 Å². The summed E-state index contributed by atoms with van der Waals surface area (Å²) in [6.07, 6.45) is -2.09. The number of nitro groups is 1. The normalized spacial score (nSPS) is 40.9. The van der Waals surface area contributed by atoms with Gasteiger partial charge in [-0.2, -0.15) is 0 Å². The number of allylic oxidation sites excluding steroid dienone is 2. The number of carbonyl (C=O) groups is 3. The van der Waals surface area contributed by atoms with Gasteiger partial charge in [0.25, 0.3) is 5.69 Å². The number of ketones is 1. The van der Waals surface area contributed by atoms with E-state index >= 15 is 8.78 Å². The maximum atomic E-state index is 17.7. The van der Waals surface area contributed by atoms with Crippen LogP contribution in [0.15, 0.2) is 47.7 Å². The molecule has 0 heterocycles. The number of aliphatic carboxylic acids is 1. The molecule has 1 aromatic rings. The Morgan fingerprint density at radius 1 is 1.21 bits per heavy atom. The fraction of sp³-hybridized carbons (Fsp3) is 0.536. The Labute approximate surface area is 222 Å². The lowest BCUT2D eigenvalue weighted by Crippen LogP contribution is -2.70. The molecular formula is C28H29F2NO8. The monoisotopic (exact) mass is 545 g/mol.